The van der Waals surface area contributed by atoms with Crippen molar-refractivity contribution in [1.29, 1.82) is 0 Å². The Morgan fingerprint density at radius 2 is 2.05 bits per heavy atom. The highest BCUT2D eigenvalue weighted by Gasteiger charge is 2.33. The lowest BCUT2D eigenvalue weighted by atomic mass is 9.97. The van der Waals surface area contributed by atoms with Crippen LogP contribution in [-0.4, -0.2) is 12.5 Å². The lowest BCUT2D eigenvalue weighted by molar-refractivity contribution is 0.768. The summed E-state index contributed by atoms with van der Waals surface area (Å²) in [5.41, 5.74) is 9.23. The van der Waals surface area contributed by atoms with Gasteiger partial charge >= 0.3 is 0 Å². The van der Waals surface area contributed by atoms with E-state index in [0.717, 1.165) is 11.3 Å². The first-order valence-electron chi connectivity index (χ1n) is 8.27. The summed E-state index contributed by atoms with van der Waals surface area (Å²) in [7, 11) is 0. The number of rotatable bonds is 0. The standard InChI is InChI=1S/C16H15N3/c17-16-18-10-15-13-7-3-1-5-11(13)9-12-6-2-4-8-14(12)19(15)16/h1-8,15H,9-10H2,(H2,17,18)/i1D,3D,5D,7D. The first-order chi connectivity index (χ1) is 11.0. The molecule has 19 heavy (non-hydrogen) atoms. The van der Waals surface area contributed by atoms with Crippen LogP contribution in [0.15, 0.2) is 53.4 Å². The Morgan fingerprint density at radius 1 is 1.21 bits per heavy atom. The second kappa shape index (κ2) is 3.85. The lowest BCUT2D eigenvalue weighted by Gasteiger charge is -2.26. The summed E-state index contributed by atoms with van der Waals surface area (Å²) in [5.74, 6) is 0.391. The van der Waals surface area contributed by atoms with E-state index in [1.807, 2.05) is 29.2 Å². The predicted molar refractivity (Wildman–Crippen MR) is 77.4 cm³/mol. The predicted octanol–water partition coefficient (Wildman–Crippen LogP) is 2.47. The van der Waals surface area contributed by atoms with Crippen molar-refractivity contribution >= 4 is 11.6 Å². The summed E-state index contributed by atoms with van der Waals surface area (Å²) in [6.07, 6.45) is 0.461. The highest BCUT2D eigenvalue weighted by molar-refractivity contribution is 5.98. The number of guanidine groups is 1. The van der Waals surface area contributed by atoms with Crippen LogP contribution in [0.3, 0.4) is 0 Å². The van der Waals surface area contributed by atoms with Gasteiger partial charge in [0.15, 0.2) is 5.96 Å². The van der Waals surface area contributed by atoms with Crippen LogP contribution in [-0.2, 0) is 6.42 Å². The van der Waals surface area contributed by atoms with Crippen LogP contribution in [0.5, 0.6) is 0 Å². The fourth-order valence-electron chi connectivity index (χ4n) is 2.87. The molecule has 0 spiro atoms. The molecule has 0 aromatic heterocycles. The van der Waals surface area contributed by atoms with Gasteiger partial charge in [0.05, 0.1) is 18.1 Å². The van der Waals surface area contributed by atoms with E-state index in [2.05, 4.69) is 4.99 Å². The normalized spacial score (nSPS) is 23.1. The Labute approximate surface area is 118 Å². The molecular weight excluding hydrogens is 234 g/mol. The fraction of sp³-hybridized carbons (Fsp3) is 0.188. The van der Waals surface area contributed by atoms with Gasteiger partial charge in [0.1, 0.15) is 0 Å². The second-order valence-corrected chi connectivity index (χ2v) is 4.78. The fourth-order valence-corrected chi connectivity index (χ4v) is 2.87. The lowest BCUT2D eigenvalue weighted by Crippen LogP contribution is -2.36. The molecule has 2 aromatic rings. The van der Waals surface area contributed by atoms with E-state index in [-0.39, 0.29) is 30.2 Å². The third-order valence-electron chi connectivity index (χ3n) is 3.73. The molecule has 0 radical (unpaired) electrons. The van der Waals surface area contributed by atoms with Crippen LogP contribution in [0.25, 0.3) is 0 Å². The molecule has 0 saturated heterocycles. The van der Waals surface area contributed by atoms with Crippen molar-refractivity contribution in [3.63, 3.8) is 0 Å². The Bertz CT molecular complexity index is 863. The zero-order valence-corrected chi connectivity index (χ0v) is 10.3. The zero-order chi connectivity index (χ0) is 16.3. The first kappa shape index (κ1) is 7.34. The van der Waals surface area contributed by atoms with Crippen LogP contribution >= 0.6 is 0 Å². The maximum atomic E-state index is 8.32. The Balaban J connectivity index is 2.06. The maximum absolute atomic E-state index is 8.32. The van der Waals surface area contributed by atoms with Crippen LogP contribution in [0.2, 0.25) is 0 Å². The van der Waals surface area contributed by atoms with Crippen molar-refractivity contribution in [2.45, 2.75) is 12.5 Å². The number of aliphatic imine (C=N–C) groups is 1. The molecule has 0 bridgehead atoms. The topological polar surface area (TPSA) is 41.6 Å². The third kappa shape index (κ3) is 1.48. The number of hydrogen-bond donors (Lipinski definition) is 1. The third-order valence-corrected chi connectivity index (χ3v) is 3.73. The molecule has 0 amide bonds. The highest BCUT2D eigenvalue weighted by atomic mass is 15.3. The van der Waals surface area contributed by atoms with E-state index in [1.54, 1.807) is 0 Å². The van der Waals surface area contributed by atoms with E-state index in [0.29, 0.717) is 30.1 Å². The van der Waals surface area contributed by atoms with E-state index >= 15 is 0 Å². The molecule has 0 aliphatic carbocycles. The van der Waals surface area contributed by atoms with Crippen LogP contribution in [0, 0.1) is 0 Å². The SMILES string of the molecule is [2H]c1c([2H])c([2H])c2c(c1[2H])Cc1ccccc1N1C(N)=NCC21. The van der Waals surface area contributed by atoms with Gasteiger partial charge in [-0.2, -0.15) is 0 Å². The molecule has 2 aliphatic rings. The molecule has 94 valence electrons. The quantitative estimate of drug-likeness (QED) is 0.783. The number of para-hydroxylation sites is 1. The van der Waals surface area contributed by atoms with Gasteiger partial charge in [0.2, 0.25) is 0 Å². The Morgan fingerprint density at radius 3 is 3.00 bits per heavy atom. The summed E-state index contributed by atoms with van der Waals surface area (Å²) in [5, 5.41) is 0. The smallest absolute Gasteiger partial charge is 0.196 e. The number of nitrogens with two attached hydrogens (primary N) is 1. The Kier molecular flexibility index (Phi) is 1.49. The number of hydrogen-bond acceptors (Lipinski definition) is 3. The average Bonchev–Trinajstić information content (AvgIpc) is 2.85. The maximum Gasteiger partial charge on any atom is 0.196 e. The van der Waals surface area contributed by atoms with Crippen molar-refractivity contribution in [1.82, 2.24) is 0 Å². The summed E-state index contributed by atoms with van der Waals surface area (Å²) >= 11 is 0. The van der Waals surface area contributed by atoms with Crippen molar-refractivity contribution < 1.29 is 5.48 Å². The largest absolute Gasteiger partial charge is 0.369 e. The van der Waals surface area contributed by atoms with Crippen LogP contribution < -0.4 is 10.6 Å². The summed E-state index contributed by atoms with van der Waals surface area (Å²) < 4.78 is 32.5. The number of anilines is 1. The molecule has 3 nitrogen and oxygen atoms in total. The minimum atomic E-state index is -0.282. The van der Waals surface area contributed by atoms with Crippen LogP contribution in [0.4, 0.5) is 5.69 Å². The molecular formula is C16H15N3. The molecule has 4 rings (SSSR count). The number of nitrogens with zero attached hydrogens (tertiary/aromatic N) is 2. The molecule has 2 N–H and O–H groups in total. The van der Waals surface area contributed by atoms with Gasteiger partial charge in [0.25, 0.3) is 0 Å². The van der Waals surface area contributed by atoms with Crippen molar-refractivity contribution in [3.8, 4) is 0 Å². The molecule has 3 heteroatoms. The van der Waals surface area contributed by atoms with Gasteiger partial charge in [-0.25, -0.2) is 0 Å². The first-order valence-corrected chi connectivity index (χ1v) is 6.27. The van der Waals surface area contributed by atoms with E-state index < -0.39 is 0 Å². The summed E-state index contributed by atoms with van der Waals surface area (Å²) in [6.45, 7) is 0.398. The summed E-state index contributed by atoms with van der Waals surface area (Å²) in [6, 6.07) is 7.14. The van der Waals surface area contributed by atoms with Crippen molar-refractivity contribution in [2.75, 3.05) is 11.4 Å². The minimum Gasteiger partial charge on any atom is -0.369 e. The number of fused-ring (bicyclic) bond motifs is 5. The molecule has 1 unspecified atom stereocenters. The molecule has 2 aliphatic heterocycles. The monoisotopic (exact) mass is 253 g/mol. The molecule has 0 fully saturated rings. The molecule has 1 atom stereocenters. The minimum absolute atomic E-state index is 0.00806. The van der Waals surface area contributed by atoms with E-state index in [4.69, 9.17) is 11.2 Å². The van der Waals surface area contributed by atoms with Gasteiger partial charge in [-0.15, -0.1) is 0 Å². The van der Waals surface area contributed by atoms with Crippen LogP contribution in [0.1, 0.15) is 28.2 Å². The van der Waals surface area contributed by atoms with Gasteiger partial charge in [-0.05, 0) is 29.2 Å². The van der Waals surface area contributed by atoms with Crippen molar-refractivity contribution in [3.05, 3.63) is 65.1 Å². The zero-order valence-electron chi connectivity index (χ0n) is 14.3. The number of benzene rings is 2. The van der Waals surface area contributed by atoms with Gasteiger partial charge in [0, 0.05) is 5.69 Å². The molecule has 2 aromatic carbocycles. The van der Waals surface area contributed by atoms with Crippen molar-refractivity contribution in [2.24, 2.45) is 10.7 Å². The van der Waals surface area contributed by atoms with E-state index in [1.165, 1.54) is 0 Å². The van der Waals surface area contributed by atoms with Gasteiger partial charge in [-0.1, -0.05) is 42.4 Å². The molecule has 0 saturated carbocycles. The Hall–Kier alpha value is -2.29. The average molecular weight is 253 g/mol. The summed E-state index contributed by atoms with van der Waals surface area (Å²) in [4.78, 5) is 6.20. The highest BCUT2D eigenvalue weighted by Crippen LogP contribution is 2.39. The molecule has 2 heterocycles. The second-order valence-electron chi connectivity index (χ2n) is 4.78. The van der Waals surface area contributed by atoms with Gasteiger partial charge < -0.3 is 10.6 Å². The van der Waals surface area contributed by atoms with E-state index in [9.17, 15) is 0 Å². The van der Waals surface area contributed by atoms with Gasteiger partial charge in [-0.3, -0.25) is 4.99 Å².